The van der Waals surface area contributed by atoms with Gasteiger partial charge in [0.25, 0.3) is 0 Å². The summed E-state index contributed by atoms with van der Waals surface area (Å²) in [6, 6.07) is 0. The third-order valence-electron chi connectivity index (χ3n) is 4.23. The van der Waals surface area contributed by atoms with E-state index in [1.165, 1.54) is 12.8 Å². The maximum atomic E-state index is 11.9. The summed E-state index contributed by atoms with van der Waals surface area (Å²) in [5, 5.41) is 0. The molecule has 6 nitrogen and oxygen atoms in total. The van der Waals surface area contributed by atoms with Gasteiger partial charge in [-0.1, -0.05) is 26.2 Å². The molecular weight excluding hydrogens is 310 g/mol. The van der Waals surface area contributed by atoms with Gasteiger partial charge in [-0.05, 0) is 32.7 Å². The van der Waals surface area contributed by atoms with Gasteiger partial charge in [0.15, 0.2) is 5.92 Å². The third-order valence-corrected chi connectivity index (χ3v) is 4.23. The van der Waals surface area contributed by atoms with Crippen LogP contribution < -0.4 is 0 Å². The van der Waals surface area contributed by atoms with E-state index in [1.807, 2.05) is 0 Å². The number of morpholine rings is 1. The van der Waals surface area contributed by atoms with Crippen LogP contribution in [0.3, 0.4) is 0 Å². The van der Waals surface area contributed by atoms with E-state index in [4.69, 9.17) is 14.2 Å². The van der Waals surface area contributed by atoms with Gasteiger partial charge in [0.2, 0.25) is 0 Å². The fourth-order valence-electron chi connectivity index (χ4n) is 2.74. The molecule has 6 heteroatoms. The molecule has 0 radical (unpaired) electrons. The van der Waals surface area contributed by atoms with Crippen LogP contribution in [0.15, 0.2) is 0 Å². The summed E-state index contributed by atoms with van der Waals surface area (Å²) in [4.78, 5) is 25.9. The summed E-state index contributed by atoms with van der Waals surface area (Å²) in [7, 11) is 0. The molecular formula is C18H33NO5. The first kappa shape index (κ1) is 20.9. The minimum absolute atomic E-state index is 0.285. The number of carbonyl (C=O) groups excluding carboxylic acids is 2. The molecule has 0 aromatic heterocycles. The fraction of sp³-hybridized carbons (Fsp3) is 0.889. The molecule has 0 amide bonds. The van der Waals surface area contributed by atoms with E-state index in [0.717, 1.165) is 52.1 Å². The zero-order valence-electron chi connectivity index (χ0n) is 15.3. The highest BCUT2D eigenvalue weighted by atomic mass is 16.6. The lowest BCUT2D eigenvalue weighted by molar-refractivity contribution is -0.162. The van der Waals surface area contributed by atoms with Crippen molar-refractivity contribution in [3.8, 4) is 0 Å². The Bertz CT molecular complexity index is 355. The van der Waals surface area contributed by atoms with E-state index in [9.17, 15) is 9.59 Å². The minimum Gasteiger partial charge on any atom is -0.465 e. The van der Waals surface area contributed by atoms with Gasteiger partial charge in [0.1, 0.15) is 0 Å². The summed E-state index contributed by atoms with van der Waals surface area (Å²) >= 11 is 0. The predicted octanol–water partition coefficient (Wildman–Crippen LogP) is 2.40. The molecule has 0 aromatic carbocycles. The highest BCUT2D eigenvalue weighted by Gasteiger charge is 2.27. The molecule has 0 bridgehead atoms. The van der Waals surface area contributed by atoms with Crippen LogP contribution in [0.1, 0.15) is 52.4 Å². The average molecular weight is 343 g/mol. The number of carbonyl (C=O) groups is 2. The molecule has 0 aliphatic carbocycles. The Kier molecular flexibility index (Phi) is 11.5. The largest absolute Gasteiger partial charge is 0.465 e. The van der Waals surface area contributed by atoms with E-state index < -0.39 is 17.9 Å². The van der Waals surface area contributed by atoms with Crippen LogP contribution in [-0.4, -0.2) is 62.9 Å². The Labute approximate surface area is 145 Å². The van der Waals surface area contributed by atoms with Crippen molar-refractivity contribution in [1.29, 1.82) is 0 Å². The molecule has 0 aromatic rings. The molecule has 1 rings (SSSR count). The van der Waals surface area contributed by atoms with Crippen LogP contribution in [-0.2, 0) is 23.8 Å². The highest BCUT2D eigenvalue weighted by Crippen LogP contribution is 2.10. The molecule has 1 fully saturated rings. The van der Waals surface area contributed by atoms with Gasteiger partial charge in [-0.3, -0.25) is 14.5 Å². The Hall–Kier alpha value is -1.14. The second-order valence-electron chi connectivity index (χ2n) is 6.10. The fourth-order valence-corrected chi connectivity index (χ4v) is 2.74. The van der Waals surface area contributed by atoms with Crippen molar-refractivity contribution in [2.24, 2.45) is 5.92 Å². The lowest BCUT2D eigenvalue weighted by atomic mass is 10.1. The normalized spacial score (nSPS) is 16.6. The van der Waals surface area contributed by atoms with Gasteiger partial charge < -0.3 is 14.2 Å². The van der Waals surface area contributed by atoms with Crippen LogP contribution in [0.2, 0.25) is 0 Å². The number of hydrogen-bond acceptors (Lipinski definition) is 6. The average Bonchev–Trinajstić information content (AvgIpc) is 2.59. The number of unbranched alkanes of at least 4 members (excludes halogenated alkanes) is 4. The molecule has 1 atom stereocenters. The van der Waals surface area contributed by atoms with Crippen molar-refractivity contribution in [1.82, 2.24) is 4.90 Å². The molecule has 140 valence electrons. The molecule has 1 aliphatic rings. The van der Waals surface area contributed by atoms with Gasteiger partial charge in [-0.25, -0.2) is 0 Å². The number of ether oxygens (including phenoxy) is 3. The van der Waals surface area contributed by atoms with E-state index in [2.05, 4.69) is 4.90 Å². The Morgan fingerprint density at radius 3 is 2.25 bits per heavy atom. The predicted molar refractivity (Wildman–Crippen MR) is 91.7 cm³/mol. The van der Waals surface area contributed by atoms with Gasteiger partial charge in [0.05, 0.1) is 26.4 Å². The maximum absolute atomic E-state index is 11.9. The summed E-state index contributed by atoms with van der Waals surface area (Å²) < 4.78 is 15.4. The Morgan fingerprint density at radius 2 is 1.58 bits per heavy atom. The summed E-state index contributed by atoms with van der Waals surface area (Å²) in [5.74, 6) is -1.71. The first-order valence-electron chi connectivity index (χ1n) is 9.32. The zero-order chi connectivity index (χ0) is 17.6. The highest BCUT2D eigenvalue weighted by molar-refractivity contribution is 5.94. The maximum Gasteiger partial charge on any atom is 0.320 e. The monoisotopic (exact) mass is 343 g/mol. The first-order valence-corrected chi connectivity index (χ1v) is 9.32. The van der Waals surface area contributed by atoms with Crippen LogP contribution >= 0.6 is 0 Å². The molecule has 1 heterocycles. The van der Waals surface area contributed by atoms with E-state index in [1.54, 1.807) is 13.8 Å². The molecule has 0 saturated carbocycles. The zero-order valence-corrected chi connectivity index (χ0v) is 15.3. The first-order chi connectivity index (χ1) is 11.7. The Morgan fingerprint density at radius 1 is 0.958 bits per heavy atom. The number of rotatable bonds is 12. The molecule has 0 N–H and O–H groups in total. The number of esters is 2. The number of nitrogens with zero attached hydrogens (tertiary/aromatic N) is 1. The second-order valence-corrected chi connectivity index (χ2v) is 6.10. The van der Waals surface area contributed by atoms with Gasteiger partial charge in [0, 0.05) is 13.1 Å². The molecule has 0 spiro atoms. The lowest BCUT2D eigenvalue weighted by Gasteiger charge is -2.26. The number of hydrogen-bond donors (Lipinski definition) is 0. The van der Waals surface area contributed by atoms with Gasteiger partial charge in [-0.15, -0.1) is 0 Å². The third kappa shape index (κ3) is 8.64. The molecule has 1 saturated heterocycles. The SMILES string of the molecule is CCOC(=O)C(CC)C(=O)OCCCCCCCN1CCOCC1. The molecule has 24 heavy (non-hydrogen) atoms. The lowest BCUT2D eigenvalue weighted by Crippen LogP contribution is -2.36. The Balaban J connectivity index is 1.98. The minimum atomic E-state index is -0.779. The summed E-state index contributed by atoms with van der Waals surface area (Å²) in [6.07, 6.45) is 5.87. The van der Waals surface area contributed by atoms with E-state index in [0.29, 0.717) is 13.0 Å². The molecule has 1 unspecified atom stereocenters. The summed E-state index contributed by atoms with van der Waals surface area (Å²) in [5.41, 5.74) is 0. The van der Waals surface area contributed by atoms with Crippen LogP contribution in [0.5, 0.6) is 0 Å². The van der Waals surface area contributed by atoms with Crippen molar-refractivity contribution in [2.75, 3.05) is 46.1 Å². The smallest absolute Gasteiger partial charge is 0.320 e. The summed E-state index contributed by atoms with van der Waals surface area (Å²) in [6.45, 7) is 9.16. The van der Waals surface area contributed by atoms with Crippen molar-refractivity contribution in [3.63, 3.8) is 0 Å². The van der Waals surface area contributed by atoms with Crippen molar-refractivity contribution >= 4 is 11.9 Å². The second kappa shape index (κ2) is 13.2. The van der Waals surface area contributed by atoms with Gasteiger partial charge >= 0.3 is 11.9 Å². The van der Waals surface area contributed by atoms with Crippen LogP contribution in [0.25, 0.3) is 0 Å². The molecule has 1 aliphatic heterocycles. The van der Waals surface area contributed by atoms with Crippen molar-refractivity contribution in [3.05, 3.63) is 0 Å². The van der Waals surface area contributed by atoms with Crippen molar-refractivity contribution < 1.29 is 23.8 Å². The topological polar surface area (TPSA) is 65.1 Å². The quantitative estimate of drug-likeness (QED) is 0.308. The van der Waals surface area contributed by atoms with Gasteiger partial charge in [-0.2, -0.15) is 0 Å². The van der Waals surface area contributed by atoms with E-state index >= 15 is 0 Å². The van der Waals surface area contributed by atoms with Crippen molar-refractivity contribution in [2.45, 2.75) is 52.4 Å². The van der Waals surface area contributed by atoms with Crippen LogP contribution in [0, 0.1) is 5.92 Å². The van der Waals surface area contributed by atoms with E-state index in [-0.39, 0.29) is 6.61 Å². The van der Waals surface area contributed by atoms with Crippen LogP contribution in [0.4, 0.5) is 0 Å². The standard InChI is InChI=1S/C18H33NO5/c1-3-16(17(20)23-4-2)18(21)24-13-9-7-5-6-8-10-19-11-14-22-15-12-19/h16H,3-15H2,1-2H3.